The first kappa shape index (κ1) is 15.7. The molecule has 0 aliphatic heterocycles. The van der Waals surface area contributed by atoms with E-state index in [2.05, 4.69) is 22.5 Å². The quantitative estimate of drug-likeness (QED) is 0.680. The molecule has 0 aliphatic carbocycles. The lowest BCUT2D eigenvalue weighted by Gasteiger charge is -2.07. The molecule has 0 heterocycles. The number of carbonyl (C=O) groups is 2. The maximum Gasteiger partial charge on any atom is 0.252 e. The van der Waals surface area contributed by atoms with Crippen LogP contribution in [0.1, 0.15) is 22.8 Å². The fourth-order valence-electron chi connectivity index (χ4n) is 1.47. The molecule has 20 heavy (non-hydrogen) atoms. The topological polar surface area (TPSA) is 78.4 Å². The number of aliphatic hydroxyl groups excluding tert-OH is 1. The molecule has 0 spiro atoms. The summed E-state index contributed by atoms with van der Waals surface area (Å²) in [7, 11) is 0. The maximum absolute atomic E-state index is 13.1. The number of benzene rings is 1. The van der Waals surface area contributed by atoms with Gasteiger partial charge in [-0.05, 0) is 25.1 Å². The number of hydrogen-bond donors (Lipinski definition) is 3. The van der Waals surface area contributed by atoms with Gasteiger partial charge < -0.3 is 15.7 Å². The number of halogens is 1. The van der Waals surface area contributed by atoms with Crippen molar-refractivity contribution in [1.29, 1.82) is 0 Å². The van der Waals surface area contributed by atoms with E-state index in [4.69, 9.17) is 5.11 Å². The molecule has 0 fully saturated rings. The molecule has 1 rings (SSSR count). The summed E-state index contributed by atoms with van der Waals surface area (Å²) in [5.41, 5.74) is 0.309. The first-order chi connectivity index (χ1) is 9.58. The van der Waals surface area contributed by atoms with Crippen LogP contribution in [0.3, 0.4) is 0 Å². The summed E-state index contributed by atoms with van der Waals surface area (Å²) in [5, 5.41) is 13.6. The summed E-state index contributed by atoms with van der Waals surface area (Å²) in [6.45, 7) is 1.67. The number of likely N-dealkylation sites (N-methyl/N-ethyl adjacent to an activating group) is 1. The summed E-state index contributed by atoms with van der Waals surface area (Å²) in [5.74, 6) is 3.47. The van der Waals surface area contributed by atoms with E-state index in [1.807, 2.05) is 0 Å². The predicted molar refractivity (Wildman–Crippen MR) is 71.4 cm³/mol. The average molecular weight is 278 g/mol. The second-order valence-electron chi connectivity index (χ2n) is 3.79. The molecule has 0 bridgehead atoms. The summed E-state index contributed by atoms with van der Waals surface area (Å²) >= 11 is 0. The SMILES string of the molecule is CCNC(=O)CNC(=O)c1ccc(F)cc1C#CCO. The van der Waals surface area contributed by atoms with Crippen LogP contribution in [-0.2, 0) is 4.79 Å². The van der Waals surface area contributed by atoms with Gasteiger partial charge in [0, 0.05) is 12.1 Å². The highest BCUT2D eigenvalue weighted by molar-refractivity contribution is 5.98. The molecule has 0 radical (unpaired) electrons. The van der Waals surface area contributed by atoms with E-state index < -0.39 is 18.3 Å². The zero-order valence-electron chi connectivity index (χ0n) is 11.0. The monoisotopic (exact) mass is 278 g/mol. The van der Waals surface area contributed by atoms with Crippen LogP contribution in [0.5, 0.6) is 0 Å². The van der Waals surface area contributed by atoms with Gasteiger partial charge in [0.25, 0.3) is 5.91 Å². The fraction of sp³-hybridized carbons (Fsp3) is 0.286. The van der Waals surface area contributed by atoms with Gasteiger partial charge in [-0.15, -0.1) is 0 Å². The van der Waals surface area contributed by atoms with Crippen LogP contribution >= 0.6 is 0 Å². The van der Waals surface area contributed by atoms with E-state index in [0.717, 1.165) is 12.1 Å². The minimum atomic E-state index is -0.535. The van der Waals surface area contributed by atoms with E-state index in [9.17, 15) is 14.0 Å². The highest BCUT2D eigenvalue weighted by Gasteiger charge is 2.12. The summed E-state index contributed by atoms with van der Waals surface area (Å²) in [6, 6.07) is 3.51. The maximum atomic E-state index is 13.1. The van der Waals surface area contributed by atoms with Crippen LogP contribution in [0.4, 0.5) is 4.39 Å². The Morgan fingerprint density at radius 2 is 2.10 bits per heavy atom. The summed E-state index contributed by atoms with van der Waals surface area (Å²) in [6.07, 6.45) is 0. The van der Waals surface area contributed by atoms with Crippen LogP contribution in [0.25, 0.3) is 0 Å². The molecule has 1 aromatic carbocycles. The Hall–Kier alpha value is -2.39. The summed E-state index contributed by atoms with van der Waals surface area (Å²) < 4.78 is 13.1. The van der Waals surface area contributed by atoms with Gasteiger partial charge in [0.05, 0.1) is 12.1 Å². The van der Waals surface area contributed by atoms with Gasteiger partial charge in [0.15, 0.2) is 0 Å². The lowest BCUT2D eigenvalue weighted by molar-refractivity contribution is -0.120. The van der Waals surface area contributed by atoms with Crippen molar-refractivity contribution in [3.8, 4) is 11.8 Å². The van der Waals surface area contributed by atoms with E-state index in [1.165, 1.54) is 6.07 Å². The van der Waals surface area contributed by atoms with Crippen LogP contribution in [0.2, 0.25) is 0 Å². The Labute approximate surface area is 116 Å². The lowest BCUT2D eigenvalue weighted by Crippen LogP contribution is -2.37. The van der Waals surface area contributed by atoms with Crippen molar-refractivity contribution in [2.45, 2.75) is 6.92 Å². The number of rotatable bonds is 4. The molecule has 0 saturated carbocycles. The number of nitrogens with one attached hydrogen (secondary N) is 2. The first-order valence-electron chi connectivity index (χ1n) is 6.02. The molecule has 0 aliphatic rings. The molecular formula is C14H15FN2O3. The van der Waals surface area contributed by atoms with Crippen LogP contribution < -0.4 is 10.6 Å². The molecule has 6 heteroatoms. The van der Waals surface area contributed by atoms with Gasteiger partial charge in [-0.3, -0.25) is 9.59 Å². The third-order valence-electron chi connectivity index (χ3n) is 2.31. The number of carbonyl (C=O) groups excluding carboxylic acids is 2. The Balaban J connectivity index is 2.84. The van der Waals surface area contributed by atoms with Crippen molar-refractivity contribution < 1.29 is 19.1 Å². The third-order valence-corrected chi connectivity index (χ3v) is 2.31. The van der Waals surface area contributed by atoms with E-state index in [-0.39, 0.29) is 23.6 Å². The van der Waals surface area contributed by atoms with Gasteiger partial charge in [-0.25, -0.2) is 4.39 Å². The smallest absolute Gasteiger partial charge is 0.252 e. The number of hydrogen-bond acceptors (Lipinski definition) is 3. The number of aliphatic hydroxyl groups is 1. The number of amides is 2. The van der Waals surface area contributed by atoms with Crippen molar-refractivity contribution in [3.63, 3.8) is 0 Å². The summed E-state index contributed by atoms with van der Waals surface area (Å²) in [4.78, 5) is 23.1. The second kappa shape index (κ2) is 7.92. The molecule has 1 aromatic rings. The molecule has 0 atom stereocenters. The first-order valence-corrected chi connectivity index (χ1v) is 6.02. The standard InChI is InChI=1S/C14H15FN2O3/c1-2-16-13(19)9-17-14(20)12-6-5-11(15)8-10(12)4-3-7-18/h5-6,8,18H,2,7,9H2,1H3,(H,16,19)(H,17,20). The average Bonchev–Trinajstić information content (AvgIpc) is 2.43. The molecular weight excluding hydrogens is 263 g/mol. The van der Waals surface area contributed by atoms with Gasteiger partial charge in [0.2, 0.25) is 5.91 Å². The largest absolute Gasteiger partial charge is 0.384 e. The molecule has 106 valence electrons. The predicted octanol–water partition coefficient (Wildman–Crippen LogP) is 0.0354. The normalized spacial score (nSPS) is 9.35. The molecule has 0 aromatic heterocycles. The molecule has 2 amide bonds. The van der Waals surface area contributed by atoms with Gasteiger partial charge >= 0.3 is 0 Å². The van der Waals surface area contributed by atoms with E-state index >= 15 is 0 Å². The third kappa shape index (κ3) is 4.71. The van der Waals surface area contributed by atoms with Gasteiger partial charge in [-0.2, -0.15) is 0 Å². The van der Waals surface area contributed by atoms with Crippen LogP contribution in [0.15, 0.2) is 18.2 Å². The molecule has 0 unspecified atom stereocenters. The minimum absolute atomic E-state index is 0.150. The molecule has 3 N–H and O–H groups in total. The molecule has 5 nitrogen and oxygen atoms in total. The zero-order valence-corrected chi connectivity index (χ0v) is 11.0. The van der Waals surface area contributed by atoms with Crippen molar-refractivity contribution in [3.05, 3.63) is 35.1 Å². The Bertz CT molecular complexity index is 561. The Morgan fingerprint density at radius 3 is 2.75 bits per heavy atom. The van der Waals surface area contributed by atoms with Crippen molar-refractivity contribution in [2.75, 3.05) is 19.7 Å². The van der Waals surface area contributed by atoms with Crippen LogP contribution in [0, 0.1) is 17.7 Å². The highest BCUT2D eigenvalue weighted by atomic mass is 19.1. The van der Waals surface area contributed by atoms with Crippen LogP contribution in [-0.4, -0.2) is 36.6 Å². The van der Waals surface area contributed by atoms with E-state index in [1.54, 1.807) is 6.92 Å². The second-order valence-corrected chi connectivity index (χ2v) is 3.79. The van der Waals surface area contributed by atoms with Gasteiger partial charge in [0.1, 0.15) is 12.4 Å². The minimum Gasteiger partial charge on any atom is -0.384 e. The zero-order chi connectivity index (χ0) is 15.0. The van der Waals surface area contributed by atoms with Crippen molar-refractivity contribution in [1.82, 2.24) is 10.6 Å². The Kier molecular flexibility index (Phi) is 6.20. The van der Waals surface area contributed by atoms with Gasteiger partial charge in [-0.1, -0.05) is 11.8 Å². The van der Waals surface area contributed by atoms with Crippen molar-refractivity contribution in [2.24, 2.45) is 0 Å². The lowest BCUT2D eigenvalue weighted by atomic mass is 10.1. The van der Waals surface area contributed by atoms with Crippen molar-refractivity contribution >= 4 is 11.8 Å². The molecule has 0 saturated heterocycles. The Morgan fingerprint density at radius 1 is 1.35 bits per heavy atom. The fourth-order valence-corrected chi connectivity index (χ4v) is 1.47. The highest BCUT2D eigenvalue weighted by Crippen LogP contribution is 2.10. The van der Waals surface area contributed by atoms with E-state index in [0.29, 0.717) is 6.54 Å².